The lowest BCUT2D eigenvalue weighted by Crippen LogP contribution is -2.48. The maximum absolute atomic E-state index is 12.0. The number of nitrogens with one attached hydrogen (secondary N) is 2. The molecule has 22 heavy (non-hydrogen) atoms. The van der Waals surface area contributed by atoms with Gasteiger partial charge in [0.05, 0.1) is 12.0 Å². The Balaban J connectivity index is 1.77. The molecule has 120 valence electrons. The smallest absolute Gasteiger partial charge is 0.305 e. The molecule has 0 saturated heterocycles. The summed E-state index contributed by atoms with van der Waals surface area (Å²) in [5.74, 6) is -1.31. The molecule has 2 rings (SSSR count). The van der Waals surface area contributed by atoms with E-state index in [-0.39, 0.29) is 31.2 Å². The Hall–Kier alpha value is -1.89. The summed E-state index contributed by atoms with van der Waals surface area (Å²) in [6, 6.07) is 1.72. The van der Waals surface area contributed by atoms with E-state index in [4.69, 9.17) is 5.11 Å². The van der Waals surface area contributed by atoms with Crippen molar-refractivity contribution in [3.05, 3.63) is 22.4 Å². The van der Waals surface area contributed by atoms with Crippen LogP contribution in [0.3, 0.4) is 0 Å². The lowest BCUT2D eigenvalue weighted by molar-refractivity contribution is -0.139. The highest BCUT2D eigenvalue weighted by Gasteiger charge is 2.37. The Morgan fingerprint density at radius 3 is 2.59 bits per heavy atom. The number of amides is 2. The second-order valence-corrected chi connectivity index (χ2v) is 6.40. The Morgan fingerprint density at radius 2 is 2.00 bits per heavy atom. The predicted molar refractivity (Wildman–Crippen MR) is 82.9 cm³/mol. The maximum Gasteiger partial charge on any atom is 0.305 e. The molecule has 3 N–H and O–H groups in total. The zero-order chi connectivity index (χ0) is 16.0. The molecule has 1 fully saturated rings. The van der Waals surface area contributed by atoms with Crippen LogP contribution in [0.4, 0.5) is 0 Å². The Kier molecular flexibility index (Phi) is 5.54. The molecular weight excluding hydrogens is 304 g/mol. The SMILES string of the molecule is O=C(O)CC1(NC(=O)CCNC(=O)c2ccsc2)CCCC1. The summed E-state index contributed by atoms with van der Waals surface area (Å²) in [5, 5.41) is 18.1. The molecule has 1 heterocycles. The van der Waals surface area contributed by atoms with Crippen LogP contribution in [0.15, 0.2) is 16.8 Å². The molecule has 1 aromatic rings. The molecule has 6 nitrogen and oxygen atoms in total. The van der Waals surface area contributed by atoms with E-state index in [2.05, 4.69) is 10.6 Å². The number of hydrogen-bond acceptors (Lipinski definition) is 4. The summed E-state index contributed by atoms with van der Waals surface area (Å²) < 4.78 is 0. The van der Waals surface area contributed by atoms with Crippen LogP contribution in [0.25, 0.3) is 0 Å². The van der Waals surface area contributed by atoms with E-state index in [1.807, 2.05) is 5.38 Å². The third-order valence-corrected chi connectivity index (χ3v) is 4.56. The van der Waals surface area contributed by atoms with Gasteiger partial charge in [0.25, 0.3) is 5.91 Å². The molecule has 1 saturated carbocycles. The van der Waals surface area contributed by atoms with E-state index >= 15 is 0 Å². The average Bonchev–Trinajstić information content (AvgIpc) is 3.09. The van der Waals surface area contributed by atoms with Crippen LogP contribution in [0.2, 0.25) is 0 Å². The molecule has 0 aliphatic heterocycles. The van der Waals surface area contributed by atoms with Gasteiger partial charge in [-0.25, -0.2) is 0 Å². The van der Waals surface area contributed by atoms with Crippen molar-refractivity contribution >= 4 is 29.1 Å². The van der Waals surface area contributed by atoms with Crippen LogP contribution in [0, 0.1) is 0 Å². The van der Waals surface area contributed by atoms with Crippen LogP contribution in [-0.4, -0.2) is 35.0 Å². The lowest BCUT2D eigenvalue weighted by atomic mass is 9.93. The summed E-state index contributed by atoms with van der Waals surface area (Å²) in [4.78, 5) is 34.7. The summed E-state index contributed by atoms with van der Waals surface area (Å²) in [5.41, 5.74) is -0.0242. The molecule has 0 spiro atoms. The van der Waals surface area contributed by atoms with Gasteiger partial charge in [-0.2, -0.15) is 11.3 Å². The second kappa shape index (κ2) is 7.40. The normalized spacial score (nSPS) is 16.2. The van der Waals surface area contributed by atoms with Gasteiger partial charge in [0.2, 0.25) is 5.91 Å². The monoisotopic (exact) mass is 324 g/mol. The number of carboxylic acids is 1. The number of carboxylic acid groups (broad SMARTS) is 1. The van der Waals surface area contributed by atoms with Gasteiger partial charge in [0.15, 0.2) is 0 Å². The van der Waals surface area contributed by atoms with Gasteiger partial charge in [0.1, 0.15) is 0 Å². The zero-order valence-corrected chi connectivity index (χ0v) is 13.1. The Labute approximate surface area is 132 Å². The van der Waals surface area contributed by atoms with E-state index in [0.29, 0.717) is 18.4 Å². The molecular formula is C15H20N2O4S. The van der Waals surface area contributed by atoms with Crippen molar-refractivity contribution < 1.29 is 19.5 Å². The minimum absolute atomic E-state index is 0.0417. The fourth-order valence-corrected chi connectivity index (χ4v) is 3.47. The fourth-order valence-electron chi connectivity index (χ4n) is 2.83. The quantitative estimate of drug-likeness (QED) is 0.712. The highest BCUT2D eigenvalue weighted by Crippen LogP contribution is 2.32. The van der Waals surface area contributed by atoms with Gasteiger partial charge in [-0.3, -0.25) is 14.4 Å². The molecule has 0 atom stereocenters. The third-order valence-electron chi connectivity index (χ3n) is 3.88. The number of thiophene rings is 1. The van der Waals surface area contributed by atoms with Crippen molar-refractivity contribution in [2.24, 2.45) is 0 Å². The largest absolute Gasteiger partial charge is 0.481 e. The molecule has 2 amide bonds. The molecule has 1 aliphatic carbocycles. The lowest BCUT2D eigenvalue weighted by Gasteiger charge is -2.28. The van der Waals surface area contributed by atoms with Crippen LogP contribution in [0.5, 0.6) is 0 Å². The first-order valence-electron chi connectivity index (χ1n) is 7.34. The molecule has 0 bridgehead atoms. The number of carbonyl (C=O) groups is 3. The van der Waals surface area contributed by atoms with E-state index in [9.17, 15) is 14.4 Å². The first-order chi connectivity index (χ1) is 10.5. The Bertz CT molecular complexity index is 536. The molecule has 1 aliphatic rings. The summed E-state index contributed by atoms with van der Waals surface area (Å²) in [6.45, 7) is 0.240. The highest BCUT2D eigenvalue weighted by atomic mass is 32.1. The number of rotatable bonds is 7. The van der Waals surface area contributed by atoms with E-state index < -0.39 is 11.5 Å². The van der Waals surface area contributed by atoms with Crippen molar-refractivity contribution in [2.75, 3.05) is 6.54 Å². The van der Waals surface area contributed by atoms with Crippen LogP contribution in [-0.2, 0) is 9.59 Å². The molecule has 0 aromatic carbocycles. The first-order valence-corrected chi connectivity index (χ1v) is 8.28. The van der Waals surface area contributed by atoms with Crippen LogP contribution < -0.4 is 10.6 Å². The van der Waals surface area contributed by atoms with Gasteiger partial charge >= 0.3 is 5.97 Å². The summed E-state index contributed by atoms with van der Waals surface area (Å²) >= 11 is 1.44. The molecule has 0 radical (unpaired) electrons. The van der Waals surface area contributed by atoms with Gasteiger partial charge in [-0.15, -0.1) is 0 Å². The Morgan fingerprint density at radius 1 is 1.27 bits per heavy atom. The van der Waals surface area contributed by atoms with Gasteiger partial charge in [-0.05, 0) is 24.3 Å². The average molecular weight is 324 g/mol. The van der Waals surface area contributed by atoms with Crippen molar-refractivity contribution in [2.45, 2.75) is 44.1 Å². The highest BCUT2D eigenvalue weighted by molar-refractivity contribution is 7.08. The minimum Gasteiger partial charge on any atom is -0.481 e. The van der Waals surface area contributed by atoms with E-state index in [0.717, 1.165) is 12.8 Å². The number of aliphatic carboxylic acids is 1. The van der Waals surface area contributed by atoms with E-state index in [1.165, 1.54) is 11.3 Å². The molecule has 0 unspecified atom stereocenters. The first kappa shape index (κ1) is 16.5. The summed E-state index contributed by atoms with van der Waals surface area (Å²) in [6.07, 6.45) is 3.38. The molecule has 1 aromatic heterocycles. The molecule has 7 heteroatoms. The number of hydrogen-bond donors (Lipinski definition) is 3. The predicted octanol–water partition coefficient (Wildman–Crippen LogP) is 1.77. The fraction of sp³-hybridized carbons (Fsp3) is 0.533. The van der Waals surface area contributed by atoms with Crippen LogP contribution in [0.1, 0.15) is 48.9 Å². The summed E-state index contributed by atoms with van der Waals surface area (Å²) in [7, 11) is 0. The van der Waals surface area contributed by atoms with Gasteiger partial charge < -0.3 is 15.7 Å². The van der Waals surface area contributed by atoms with Crippen molar-refractivity contribution in [3.63, 3.8) is 0 Å². The minimum atomic E-state index is -0.895. The van der Waals surface area contributed by atoms with Crippen LogP contribution >= 0.6 is 11.3 Å². The standard InChI is InChI=1S/C15H20N2O4S/c18-12(3-7-16-14(21)11-4-8-22-10-11)17-15(9-13(19)20)5-1-2-6-15/h4,8,10H,1-3,5-7,9H2,(H,16,21)(H,17,18)(H,19,20). The van der Waals surface area contributed by atoms with Gasteiger partial charge in [-0.1, -0.05) is 12.8 Å². The van der Waals surface area contributed by atoms with Gasteiger partial charge in [0, 0.05) is 23.9 Å². The van der Waals surface area contributed by atoms with Crippen molar-refractivity contribution in [3.8, 4) is 0 Å². The maximum atomic E-state index is 12.0. The zero-order valence-electron chi connectivity index (χ0n) is 12.3. The second-order valence-electron chi connectivity index (χ2n) is 5.62. The third kappa shape index (κ3) is 4.56. The number of carbonyl (C=O) groups excluding carboxylic acids is 2. The van der Waals surface area contributed by atoms with Crippen molar-refractivity contribution in [1.82, 2.24) is 10.6 Å². The van der Waals surface area contributed by atoms with Crippen molar-refractivity contribution in [1.29, 1.82) is 0 Å². The van der Waals surface area contributed by atoms with E-state index in [1.54, 1.807) is 11.4 Å². The topological polar surface area (TPSA) is 95.5 Å².